The largest absolute Gasteiger partial charge is 0.496 e. The molecule has 0 bridgehead atoms. The van der Waals surface area contributed by atoms with Gasteiger partial charge in [-0.2, -0.15) is 10.2 Å². The molecular weight excluding hydrogens is 438 g/mol. The van der Waals surface area contributed by atoms with Gasteiger partial charge < -0.3 is 10.1 Å². The van der Waals surface area contributed by atoms with Crippen molar-refractivity contribution in [2.75, 3.05) is 29.8 Å². The molecule has 7 nitrogen and oxygen atoms in total. The van der Waals surface area contributed by atoms with E-state index in [1.807, 2.05) is 39.0 Å². The van der Waals surface area contributed by atoms with Crippen LogP contribution in [0, 0.1) is 20.8 Å². The van der Waals surface area contributed by atoms with Crippen molar-refractivity contribution in [1.29, 1.82) is 0 Å². The van der Waals surface area contributed by atoms with Crippen LogP contribution in [-0.2, 0) is 14.6 Å². The Balaban J connectivity index is 2.07. The number of sulfone groups is 1. The molecule has 0 fully saturated rings. The zero-order chi connectivity index (χ0) is 23.0. The van der Waals surface area contributed by atoms with E-state index < -0.39 is 9.84 Å². The smallest absolute Gasteiger partial charge is 0.224 e. The Hall–Kier alpha value is -2.45. The van der Waals surface area contributed by atoms with Crippen molar-refractivity contribution in [1.82, 2.24) is 0 Å². The minimum absolute atomic E-state index is 0.0557. The lowest BCUT2D eigenvalue weighted by atomic mass is 10.1. The van der Waals surface area contributed by atoms with Gasteiger partial charge in [0.2, 0.25) is 5.91 Å². The van der Waals surface area contributed by atoms with Crippen LogP contribution in [0.3, 0.4) is 0 Å². The molecule has 0 aliphatic heterocycles. The van der Waals surface area contributed by atoms with Gasteiger partial charge in [-0.05, 0) is 56.0 Å². The van der Waals surface area contributed by atoms with Crippen LogP contribution in [0.25, 0.3) is 0 Å². The van der Waals surface area contributed by atoms with Crippen LogP contribution in [0.2, 0.25) is 0 Å². The summed E-state index contributed by atoms with van der Waals surface area (Å²) in [6.07, 6.45) is 0.354. The maximum absolute atomic E-state index is 12.2. The number of hydrogen-bond donors (Lipinski definition) is 1. The van der Waals surface area contributed by atoms with Crippen molar-refractivity contribution < 1.29 is 17.9 Å². The Kier molecular flexibility index (Phi) is 9.00. The average molecular weight is 466 g/mol. The summed E-state index contributed by atoms with van der Waals surface area (Å²) in [5.74, 6) is 0.413. The molecule has 0 radical (unpaired) electrons. The molecule has 0 saturated carbocycles. The van der Waals surface area contributed by atoms with E-state index in [-0.39, 0.29) is 36.1 Å². The second kappa shape index (κ2) is 11.2. The highest BCUT2D eigenvalue weighted by Gasteiger charge is 2.12. The molecule has 0 atom stereocenters. The fourth-order valence-corrected chi connectivity index (χ4v) is 4.68. The predicted molar refractivity (Wildman–Crippen MR) is 125 cm³/mol. The van der Waals surface area contributed by atoms with Crippen molar-refractivity contribution in [3.8, 4) is 5.75 Å². The molecule has 0 spiro atoms. The van der Waals surface area contributed by atoms with Crippen LogP contribution in [0.4, 0.5) is 17.1 Å². The van der Waals surface area contributed by atoms with E-state index >= 15 is 0 Å². The summed E-state index contributed by atoms with van der Waals surface area (Å²) in [4.78, 5) is 12.2. The Bertz CT molecular complexity index is 1070. The van der Waals surface area contributed by atoms with E-state index in [4.69, 9.17) is 16.3 Å². The van der Waals surface area contributed by atoms with Gasteiger partial charge in [-0.3, -0.25) is 4.79 Å². The number of carbonyl (C=O) groups excluding carboxylic acids is 1. The zero-order valence-corrected chi connectivity index (χ0v) is 19.8. The maximum Gasteiger partial charge on any atom is 0.224 e. The Morgan fingerprint density at radius 3 is 2.32 bits per heavy atom. The Morgan fingerprint density at radius 1 is 1.00 bits per heavy atom. The first-order valence-electron chi connectivity index (χ1n) is 9.89. The monoisotopic (exact) mass is 465 g/mol. The molecule has 0 heterocycles. The van der Waals surface area contributed by atoms with Crippen molar-refractivity contribution in [3.05, 3.63) is 47.0 Å². The lowest BCUT2D eigenvalue weighted by molar-refractivity contribution is -0.116. The number of methoxy groups -OCH3 is 1. The SMILES string of the molecule is COc1cc(N=Nc2cc(NC(=O)CCCS(=O)(=O)CCCl)ccc2C)c(C)cc1C. The minimum atomic E-state index is -3.21. The number of alkyl halides is 1. The van der Waals surface area contributed by atoms with Gasteiger partial charge >= 0.3 is 0 Å². The van der Waals surface area contributed by atoms with E-state index in [0.29, 0.717) is 17.1 Å². The first kappa shape index (κ1) is 24.8. The van der Waals surface area contributed by atoms with Gasteiger partial charge in [0.25, 0.3) is 0 Å². The number of ether oxygens (including phenoxy) is 1. The first-order valence-corrected chi connectivity index (χ1v) is 12.2. The number of hydrogen-bond acceptors (Lipinski definition) is 6. The fraction of sp³-hybridized carbons (Fsp3) is 0.409. The van der Waals surface area contributed by atoms with Gasteiger partial charge in [0.15, 0.2) is 9.84 Å². The summed E-state index contributed by atoms with van der Waals surface area (Å²) < 4.78 is 28.7. The molecule has 0 unspecified atom stereocenters. The maximum atomic E-state index is 12.2. The molecule has 0 aromatic heterocycles. The van der Waals surface area contributed by atoms with Crippen molar-refractivity contribution in [2.24, 2.45) is 10.2 Å². The van der Waals surface area contributed by atoms with Crippen LogP contribution in [-0.4, -0.2) is 38.8 Å². The van der Waals surface area contributed by atoms with Crippen LogP contribution >= 0.6 is 11.6 Å². The molecule has 9 heteroatoms. The lowest BCUT2D eigenvalue weighted by Crippen LogP contribution is -2.16. The topological polar surface area (TPSA) is 97.2 Å². The molecule has 1 amide bonds. The van der Waals surface area contributed by atoms with Gasteiger partial charge in [-0.1, -0.05) is 12.1 Å². The van der Waals surface area contributed by atoms with Crippen LogP contribution < -0.4 is 10.1 Å². The molecule has 2 aromatic carbocycles. The summed E-state index contributed by atoms with van der Waals surface area (Å²) in [5.41, 5.74) is 4.82. The second-order valence-electron chi connectivity index (χ2n) is 7.30. The number of benzene rings is 2. The predicted octanol–water partition coefficient (Wildman–Crippen LogP) is 5.41. The summed E-state index contributed by atoms with van der Waals surface area (Å²) in [6.45, 7) is 5.83. The molecule has 1 N–H and O–H groups in total. The number of aryl methyl sites for hydroxylation is 3. The average Bonchev–Trinajstić information content (AvgIpc) is 2.69. The van der Waals surface area contributed by atoms with Crippen molar-refractivity contribution in [3.63, 3.8) is 0 Å². The fourth-order valence-electron chi connectivity index (χ4n) is 2.95. The van der Waals surface area contributed by atoms with Gasteiger partial charge in [-0.25, -0.2) is 8.42 Å². The highest BCUT2D eigenvalue weighted by molar-refractivity contribution is 7.91. The number of rotatable bonds is 10. The third-order valence-corrected chi connectivity index (χ3v) is 6.87. The lowest BCUT2D eigenvalue weighted by Gasteiger charge is -2.09. The summed E-state index contributed by atoms with van der Waals surface area (Å²) in [5, 5.41) is 11.5. The third kappa shape index (κ3) is 7.63. The molecule has 0 saturated heterocycles. The van der Waals surface area contributed by atoms with E-state index in [1.165, 1.54) is 0 Å². The van der Waals surface area contributed by atoms with E-state index in [2.05, 4.69) is 15.5 Å². The van der Waals surface area contributed by atoms with Crippen LogP contribution in [0.5, 0.6) is 5.75 Å². The highest BCUT2D eigenvalue weighted by atomic mass is 35.5. The zero-order valence-electron chi connectivity index (χ0n) is 18.2. The third-order valence-electron chi connectivity index (χ3n) is 4.72. The molecule has 0 aliphatic rings. The highest BCUT2D eigenvalue weighted by Crippen LogP contribution is 2.31. The molecule has 2 aromatic rings. The number of amides is 1. The standard InChI is InChI=1S/C22H28ClN3O4S/c1-15-7-8-18(24-22(27)6-5-10-31(28,29)11-9-23)13-19(15)25-26-20-14-21(30-4)17(3)12-16(20)2/h7-8,12-14H,5-6,9-11H2,1-4H3,(H,24,27). The molecule has 31 heavy (non-hydrogen) atoms. The van der Waals surface area contributed by atoms with Gasteiger partial charge in [0.05, 0.1) is 30.0 Å². The van der Waals surface area contributed by atoms with Gasteiger partial charge in [0, 0.05) is 24.1 Å². The number of nitrogens with one attached hydrogen (secondary N) is 1. The number of carbonyl (C=O) groups is 1. The normalized spacial score (nSPS) is 11.6. The number of halogens is 1. The van der Waals surface area contributed by atoms with Crippen LogP contribution in [0.1, 0.15) is 29.5 Å². The van der Waals surface area contributed by atoms with E-state index in [1.54, 1.807) is 19.2 Å². The van der Waals surface area contributed by atoms with Crippen molar-refractivity contribution in [2.45, 2.75) is 33.6 Å². The number of anilines is 1. The van der Waals surface area contributed by atoms with Gasteiger partial charge in [0.1, 0.15) is 5.75 Å². The second-order valence-corrected chi connectivity index (χ2v) is 9.98. The van der Waals surface area contributed by atoms with E-state index in [9.17, 15) is 13.2 Å². The van der Waals surface area contributed by atoms with Gasteiger partial charge in [-0.15, -0.1) is 11.6 Å². The van der Waals surface area contributed by atoms with E-state index in [0.717, 1.165) is 22.4 Å². The van der Waals surface area contributed by atoms with Crippen LogP contribution in [0.15, 0.2) is 40.6 Å². The summed E-state index contributed by atoms with van der Waals surface area (Å²) >= 11 is 5.48. The molecule has 2 rings (SSSR count). The molecular formula is C22H28ClN3O4S. The summed E-state index contributed by atoms with van der Waals surface area (Å²) in [7, 11) is -1.59. The first-order chi connectivity index (χ1) is 14.6. The molecule has 0 aliphatic carbocycles. The number of azo groups is 1. The molecule has 168 valence electrons. The quantitative estimate of drug-likeness (QED) is 0.374. The van der Waals surface area contributed by atoms with Crippen molar-refractivity contribution >= 4 is 44.4 Å². The Morgan fingerprint density at radius 2 is 1.68 bits per heavy atom. The Labute approximate surface area is 188 Å². The minimum Gasteiger partial charge on any atom is -0.496 e. The number of nitrogens with zero attached hydrogens (tertiary/aromatic N) is 2. The summed E-state index contributed by atoms with van der Waals surface area (Å²) in [6, 6.07) is 9.19.